The van der Waals surface area contributed by atoms with E-state index in [2.05, 4.69) is 44.6 Å². The molecule has 0 atom stereocenters. The van der Waals surface area contributed by atoms with Gasteiger partial charge in [-0.3, -0.25) is 0 Å². The second-order valence-corrected chi connectivity index (χ2v) is 6.22. The SMILES string of the molecule is CC(C)c1nc(N2CCCCCC2)nc(Cl)c1Br. The Balaban J connectivity index is 2.32. The molecule has 1 aromatic heterocycles. The fraction of sp³-hybridized carbons (Fsp3) is 0.692. The van der Waals surface area contributed by atoms with Gasteiger partial charge in [-0.2, -0.15) is 4.98 Å². The van der Waals surface area contributed by atoms with E-state index < -0.39 is 0 Å². The maximum Gasteiger partial charge on any atom is 0.227 e. The summed E-state index contributed by atoms with van der Waals surface area (Å²) in [6.07, 6.45) is 5.04. The van der Waals surface area contributed by atoms with Gasteiger partial charge in [0.1, 0.15) is 5.15 Å². The van der Waals surface area contributed by atoms with Gasteiger partial charge < -0.3 is 4.90 Å². The average Bonchev–Trinajstić information content (AvgIpc) is 2.60. The fourth-order valence-corrected chi connectivity index (χ4v) is 3.03. The first-order valence-corrected chi connectivity index (χ1v) is 7.74. The van der Waals surface area contributed by atoms with Crippen molar-refractivity contribution in [1.82, 2.24) is 9.97 Å². The lowest BCUT2D eigenvalue weighted by Gasteiger charge is -2.22. The highest BCUT2D eigenvalue weighted by molar-refractivity contribution is 9.10. The normalized spacial score (nSPS) is 17.1. The Kier molecular flexibility index (Phi) is 4.84. The van der Waals surface area contributed by atoms with Gasteiger partial charge in [-0.05, 0) is 34.7 Å². The molecular weight excluding hydrogens is 314 g/mol. The van der Waals surface area contributed by atoms with Crippen molar-refractivity contribution in [3.8, 4) is 0 Å². The third-order valence-electron chi connectivity index (χ3n) is 3.26. The molecule has 1 aromatic rings. The van der Waals surface area contributed by atoms with Gasteiger partial charge in [-0.1, -0.05) is 38.3 Å². The van der Waals surface area contributed by atoms with Gasteiger partial charge in [0, 0.05) is 13.1 Å². The number of nitrogens with zero attached hydrogens (tertiary/aromatic N) is 3. The molecule has 0 N–H and O–H groups in total. The Morgan fingerprint density at radius 3 is 2.28 bits per heavy atom. The van der Waals surface area contributed by atoms with Crippen LogP contribution >= 0.6 is 27.5 Å². The van der Waals surface area contributed by atoms with Crippen molar-refractivity contribution in [2.24, 2.45) is 0 Å². The first-order valence-electron chi connectivity index (χ1n) is 6.57. The quantitative estimate of drug-likeness (QED) is 0.752. The smallest absolute Gasteiger partial charge is 0.227 e. The molecular formula is C13H19BrClN3. The molecule has 1 aliphatic heterocycles. The summed E-state index contributed by atoms with van der Waals surface area (Å²) in [5, 5.41) is 0.521. The zero-order chi connectivity index (χ0) is 13.1. The highest BCUT2D eigenvalue weighted by Gasteiger charge is 2.18. The van der Waals surface area contributed by atoms with Gasteiger partial charge >= 0.3 is 0 Å². The Hall–Kier alpha value is -0.350. The van der Waals surface area contributed by atoms with E-state index in [0.717, 1.165) is 29.2 Å². The van der Waals surface area contributed by atoms with E-state index in [9.17, 15) is 0 Å². The minimum absolute atomic E-state index is 0.339. The van der Waals surface area contributed by atoms with Gasteiger partial charge in [-0.25, -0.2) is 4.98 Å². The summed E-state index contributed by atoms with van der Waals surface area (Å²) >= 11 is 9.68. The van der Waals surface area contributed by atoms with E-state index in [4.69, 9.17) is 11.6 Å². The summed E-state index contributed by atoms with van der Waals surface area (Å²) in [7, 11) is 0. The molecule has 0 radical (unpaired) electrons. The van der Waals surface area contributed by atoms with Crippen LogP contribution in [0.4, 0.5) is 5.95 Å². The standard InChI is InChI=1S/C13H19BrClN3/c1-9(2)11-10(14)12(15)17-13(16-11)18-7-5-3-4-6-8-18/h9H,3-8H2,1-2H3. The van der Waals surface area contributed by atoms with Crippen LogP contribution in [0.5, 0.6) is 0 Å². The molecule has 1 aliphatic rings. The molecule has 1 saturated heterocycles. The van der Waals surface area contributed by atoms with Gasteiger partial charge in [0.2, 0.25) is 5.95 Å². The number of hydrogen-bond acceptors (Lipinski definition) is 3. The van der Waals surface area contributed by atoms with Crippen LogP contribution in [0.15, 0.2) is 4.47 Å². The first kappa shape index (κ1) is 14.1. The van der Waals surface area contributed by atoms with Crippen LogP contribution in [0, 0.1) is 0 Å². The molecule has 0 spiro atoms. The molecule has 2 heterocycles. The topological polar surface area (TPSA) is 29.0 Å². The van der Waals surface area contributed by atoms with Crippen molar-refractivity contribution in [2.45, 2.75) is 45.4 Å². The second kappa shape index (κ2) is 6.20. The van der Waals surface area contributed by atoms with Gasteiger partial charge in [0.05, 0.1) is 10.2 Å². The predicted octanol–water partition coefficient (Wildman–Crippen LogP) is 4.40. The summed E-state index contributed by atoms with van der Waals surface area (Å²) in [5.74, 6) is 1.12. The zero-order valence-corrected chi connectivity index (χ0v) is 13.3. The number of anilines is 1. The van der Waals surface area contributed by atoms with Crippen LogP contribution in [-0.4, -0.2) is 23.1 Å². The van der Waals surface area contributed by atoms with Crippen molar-refractivity contribution in [3.05, 3.63) is 15.3 Å². The summed E-state index contributed by atoms with van der Waals surface area (Å²) in [4.78, 5) is 11.4. The third kappa shape index (κ3) is 3.15. The van der Waals surface area contributed by atoms with E-state index in [1.165, 1.54) is 25.7 Å². The van der Waals surface area contributed by atoms with Crippen molar-refractivity contribution in [1.29, 1.82) is 0 Å². The number of rotatable bonds is 2. The molecule has 0 bridgehead atoms. The Bertz CT molecular complexity index is 415. The van der Waals surface area contributed by atoms with Crippen molar-refractivity contribution < 1.29 is 0 Å². The summed E-state index contributed by atoms with van der Waals surface area (Å²) in [5.41, 5.74) is 0.995. The maximum atomic E-state index is 6.20. The van der Waals surface area contributed by atoms with Crippen molar-refractivity contribution >= 4 is 33.5 Å². The molecule has 100 valence electrons. The van der Waals surface area contributed by atoms with E-state index in [1.54, 1.807) is 0 Å². The predicted molar refractivity (Wildman–Crippen MR) is 79.5 cm³/mol. The van der Waals surface area contributed by atoms with Crippen LogP contribution < -0.4 is 4.90 Å². The molecule has 2 rings (SSSR count). The fourth-order valence-electron chi connectivity index (χ4n) is 2.22. The summed E-state index contributed by atoms with van der Waals surface area (Å²) in [6, 6.07) is 0. The monoisotopic (exact) mass is 331 g/mol. The summed E-state index contributed by atoms with van der Waals surface area (Å²) in [6.45, 7) is 6.32. The van der Waals surface area contributed by atoms with Gasteiger partial charge in [0.15, 0.2) is 0 Å². The number of aromatic nitrogens is 2. The Morgan fingerprint density at radius 1 is 1.11 bits per heavy atom. The van der Waals surface area contributed by atoms with Crippen LogP contribution in [0.1, 0.15) is 51.1 Å². The zero-order valence-electron chi connectivity index (χ0n) is 10.9. The molecule has 0 unspecified atom stereocenters. The van der Waals surface area contributed by atoms with Crippen molar-refractivity contribution in [3.63, 3.8) is 0 Å². The minimum atomic E-state index is 0.339. The Morgan fingerprint density at radius 2 is 1.72 bits per heavy atom. The molecule has 0 aromatic carbocycles. The molecule has 0 amide bonds. The van der Waals surface area contributed by atoms with E-state index in [1.807, 2.05) is 0 Å². The largest absolute Gasteiger partial charge is 0.341 e. The molecule has 1 fully saturated rings. The lowest BCUT2D eigenvalue weighted by atomic mass is 10.1. The molecule has 18 heavy (non-hydrogen) atoms. The molecule has 0 aliphatic carbocycles. The average molecular weight is 333 g/mol. The van der Waals surface area contributed by atoms with Gasteiger partial charge in [0.25, 0.3) is 0 Å². The summed E-state index contributed by atoms with van der Waals surface area (Å²) < 4.78 is 0.831. The van der Waals surface area contributed by atoms with Gasteiger partial charge in [-0.15, -0.1) is 0 Å². The van der Waals surface area contributed by atoms with E-state index in [-0.39, 0.29) is 0 Å². The Labute approximate surface area is 122 Å². The highest BCUT2D eigenvalue weighted by atomic mass is 79.9. The third-order valence-corrected chi connectivity index (χ3v) is 4.54. The minimum Gasteiger partial charge on any atom is -0.341 e. The number of hydrogen-bond donors (Lipinski definition) is 0. The lowest BCUT2D eigenvalue weighted by molar-refractivity contribution is 0.726. The van der Waals surface area contributed by atoms with E-state index >= 15 is 0 Å². The van der Waals surface area contributed by atoms with Crippen LogP contribution in [0.25, 0.3) is 0 Å². The molecule has 0 saturated carbocycles. The van der Waals surface area contributed by atoms with Crippen LogP contribution in [-0.2, 0) is 0 Å². The molecule has 5 heteroatoms. The molecule has 3 nitrogen and oxygen atoms in total. The second-order valence-electron chi connectivity index (χ2n) is 5.07. The highest BCUT2D eigenvalue weighted by Crippen LogP contribution is 2.31. The van der Waals surface area contributed by atoms with Crippen molar-refractivity contribution in [2.75, 3.05) is 18.0 Å². The number of halogens is 2. The first-order chi connectivity index (χ1) is 8.59. The van der Waals surface area contributed by atoms with Crippen LogP contribution in [0.2, 0.25) is 5.15 Å². The van der Waals surface area contributed by atoms with E-state index in [0.29, 0.717) is 11.1 Å². The lowest BCUT2D eigenvalue weighted by Crippen LogP contribution is -2.26. The maximum absolute atomic E-state index is 6.20. The van der Waals surface area contributed by atoms with Crippen LogP contribution in [0.3, 0.4) is 0 Å².